The lowest BCUT2D eigenvalue weighted by Crippen LogP contribution is -2.44. The van der Waals surface area contributed by atoms with Crippen LogP contribution in [0.2, 0.25) is 0 Å². The van der Waals surface area contributed by atoms with Gasteiger partial charge in [-0.3, -0.25) is 10.1 Å². The van der Waals surface area contributed by atoms with Crippen molar-refractivity contribution >= 4 is 23.2 Å². The number of hydrogen-bond acceptors (Lipinski definition) is 3. The minimum Gasteiger partial charge on any atom is -0.459 e. The molecule has 0 saturated heterocycles. The minimum atomic E-state index is -0.300. The Morgan fingerprint density at radius 3 is 2.61 bits per heavy atom. The fourth-order valence-corrected chi connectivity index (χ4v) is 2.48. The third kappa shape index (κ3) is 3.84. The summed E-state index contributed by atoms with van der Waals surface area (Å²) in [6, 6.07) is 3.68. The zero-order valence-electron chi connectivity index (χ0n) is 10.3. The average molecular weight is 266 g/mol. The molecule has 98 valence electrons. The molecular weight excluding hydrogens is 248 g/mol. The summed E-state index contributed by atoms with van der Waals surface area (Å²) in [5, 5.41) is 6.24. The molecule has 0 bridgehead atoms. The zero-order valence-corrected chi connectivity index (χ0v) is 11.1. The number of amides is 1. The van der Waals surface area contributed by atoms with E-state index in [1.165, 1.54) is 31.9 Å². The second-order valence-corrected chi connectivity index (χ2v) is 5.00. The molecule has 0 spiro atoms. The Balaban J connectivity index is 1.79. The second kappa shape index (κ2) is 6.54. The first-order valence-electron chi connectivity index (χ1n) is 6.41. The van der Waals surface area contributed by atoms with Gasteiger partial charge in [-0.25, -0.2) is 0 Å². The van der Waals surface area contributed by atoms with Crippen LogP contribution < -0.4 is 10.6 Å². The maximum absolute atomic E-state index is 11.7. The highest BCUT2D eigenvalue weighted by Crippen LogP contribution is 2.17. The molecule has 1 aliphatic rings. The van der Waals surface area contributed by atoms with Crippen LogP contribution >= 0.6 is 12.2 Å². The van der Waals surface area contributed by atoms with Crippen molar-refractivity contribution in [1.82, 2.24) is 10.6 Å². The average Bonchev–Trinajstić information content (AvgIpc) is 2.76. The van der Waals surface area contributed by atoms with E-state index in [-0.39, 0.29) is 11.7 Å². The molecular formula is C13H18N2O2S. The smallest absolute Gasteiger partial charge is 0.293 e. The lowest BCUT2D eigenvalue weighted by atomic mass is 10.1. The molecule has 2 N–H and O–H groups in total. The number of thiocarbonyl (C=S) groups is 1. The summed E-state index contributed by atoms with van der Waals surface area (Å²) >= 11 is 5.14. The van der Waals surface area contributed by atoms with Gasteiger partial charge in [-0.1, -0.05) is 25.7 Å². The largest absolute Gasteiger partial charge is 0.459 e. The molecule has 0 aromatic carbocycles. The molecule has 1 aromatic heterocycles. The van der Waals surface area contributed by atoms with Crippen molar-refractivity contribution in [3.63, 3.8) is 0 Å². The van der Waals surface area contributed by atoms with E-state index in [1.807, 2.05) is 0 Å². The number of hydrogen-bond donors (Lipinski definition) is 2. The van der Waals surface area contributed by atoms with Gasteiger partial charge in [0.25, 0.3) is 5.91 Å². The molecule has 1 aliphatic carbocycles. The molecule has 1 heterocycles. The first-order chi connectivity index (χ1) is 8.75. The van der Waals surface area contributed by atoms with E-state index in [1.54, 1.807) is 12.1 Å². The van der Waals surface area contributed by atoms with Crippen molar-refractivity contribution in [2.24, 2.45) is 0 Å². The maximum atomic E-state index is 11.7. The number of carbonyl (C=O) groups excluding carboxylic acids is 1. The van der Waals surface area contributed by atoms with Crippen molar-refractivity contribution in [3.8, 4) is 0 Å². The fourth-order valence-electron chi connectivity index (χ4n) is 2.22. The van der Waals surface area contributed by atoms with Crippen LogP contribution in [-0.4, -0.2) is 17.1 Å². The van der Waals surface area contributed by atoms with Gasteiger partial charge in [-0.2, -0.15) is 0 Å². The molecule has 5 heteroatoms. The van der Waals surface area contributed by atoms with Gasteiger partial charge in [0.2, 0.25) is 0 Å². The Morgan fingerprint density at radius 2 is 2.00 bits per heavy atom. The number of nitrogens with one attached hydrogen (secondary N) is 2. The first kappa shape index (κ1) is 13.1. The summed E-state index contributed by atoms with van der Waals surface area (Å²) in [6.45, 7) is 0. The summed E-state index contributed by atoms with van der Waals surface area (Å²) in [5.74, 6) is -0.0221. The molecule has 1 saturated carbocycles. The highest BCUT2D eigenvalue weighted by molar-refractivity contribution is 7.80. The van der Waals surface area contributed by atoms with Gasteiger partial charge >= 0.3 is 0 Å². The van der Waals surface area contributed by atoms with Gasteiger partial charge in [0.05, 0.1) is 6.26 Å². The number of furan rings is 1. The molecule has 1 aromatic rings. The Kier molecular flexibility index (Phi) is 4.75. The summed E-state index contributed by atoms with van der Waals surface area (Å²) in [4.78, 5) is 11.7. The summed E-state index contributed by atoms with van der Waals surface area (Å²) in [6.07, 6.45) is 8.76. The zero-order chi connectivity index (χ0) is 12.8. The van der Waals surface area contributed by atoms with Crippen LogP contribution in [0.25, 0.3) is 0 Å². The van der Waals surface area contributed by atoms with Gasteiger partial charge in [0, 0.05) is 6.04 Å². The predicted octanol–water partition coefficient (Wildman–Crippen LogP) is 2.61. The van der Waals surface area contributed by atoms with Crippen LogP contribution in [-0.2, 0) is 0 Å². The molecule has 2 rings (SSSR count). The van der Waals surface area contributed by atoms with Crippen LogP contribution in [0.1, 0.15) is 49.1 Å². The highest BCUT2D eigenvalue weighted by atomic mass is 32.1. The van der Waals surface area contributed by atoms with E-state index in [0.717, 1.165) is 12.8 Å². The second-order valence-electron chi connectivity index (χ2n) is 4.59. The van der Waals surface area contributed by atoms with E-state index < -0.39 is 0 Å². The standard InChI is InChI=1S/C13H18N2O2S/c16-12(11-8-5-9-17-11)15-13(18)14-10-6-3-1-2-4-7-10/h5,8-10H,1-4,6-7H2,(H2,14,15,16,18). The first-order valence-corrected chi connectivity index (χ1v) is 6.82. The molecule has 0 radical (unpaired) electrons. The third-order valence-corrected chi connectivity index (χ3v) is 3.38. The number of rotatable bonds is 2. The van der Waals surface area contributed by atoms with E-state index in [9.17, 15) is 4.79 Å². The monoisotopic (exact) mass is 266 g/mol. The Labute approximate surface area is 112 Å². The number of carbonyl (C=O) groups is 1. The summed E-state index contributed by atoms with van der Waals surface area (Å²) < 4.78 is 5.01. The molecule has 0 aliphatic heterocycles. The van der Waals surface area contributed by atoms with Crippen LogP contribution in [0.3, 0.4) is 0 Å². The van der Waals surface area contributed by atoms with Crippen molar-refractivity contribution in [2.75, 3.05) is 0 Å². The maximum Gasteiger partial charge on any atom is 0.293 e. The predicted molar refractivity (Wildman–Crippen MR) is 73.4 cm³/mol. The SMILES string of the molecule is O=C(NC(=S)NC1CCCCCC1)c1ccco1. The van der Waals surface area contributed by atoms with Crippen LogP contribution in [0.5, 0.6) is 0 Å². The Hall–Kier alpha value is -1.36. The van der Waals surface area contributed by atoms with Gasteiger partial charge in [0.15, 0.2) is 10.9 Å². The van der Waals surface area contributed by atoms with Crippen LogP contribution in [0.15, 0.2) is 22.8 Å². The van der Waals surface area contributed by atoms with Crippen molar-refractivity contribution < 1.29 is 9.21 Å². The Bertz CT molecular complexity index is 395. The fraction of sp³-hybridized carbons (Fsp3) is 0.538. The molecule has 0 unspecified atom stereocenters. The van der Waals surface area contributed by atoms with E-state index in [4.69, 9.17) is 16.6 Å². The van der Waals surface area contributed by atoms with E-state index in [2.05, 4.69) is 10.6 Å². The lowest BCUT2D eigenvalue weighted by molar-refractivity contribution is 0.0949. The molecule has 1 fully saturated rings. The van der Waals surface area contributed by atoms with E-state index in [0.29, 0.717) is 11.2 Å². The molecule has 0 atom stereocenters. The summed E-state index contributed by atoms with van der Waals surface area (Å²) in [7, 11) is 0. The quantitative estimate of drug-likeness (QED) is 0.638. The van der Waals surface area contributed by atoms with Gasteiger partial charge in [0.1, 0.15) is 0 Å². The lowest BCUT2D eigenvalue weighted by Gasteiger charge is -2.18. The van der Waals surface area contributed by atoms with E-state index >= 15 is 0 Å². The van der Waals surface area contributed by atoms with Gasteiger partial charge in [-0.05, 0) is 37.2 Å². The van der Waals surface area contributed by atoms with Gasteiger partial charge in [-0.15, -0.1) is 0 Å². The highest BCUT2D eigenvalue weighted by Gasteiger charge is 2.15. The minimum absolute atomic E-state index is 0.278. The topological polar surface area (TPSA) is 54.3 Å². The van der Waals surface area contributed by atoms with Gasteiger partial charge < -0.3 is 9.73 Å². The molecule has 1 amide bonds. The third-order valence-electron chi connectivity index (χ3n) is 3.16. The Morgan fingerprint density at radius 1 is 1.28 bits per heavy atom. The van der Waals surface area contributed by atoms with Crippen LogP contribution in [0, 0.1) is 0 Å². The summed E-state index contributed by atoms with van der Waals surface area (Å²) in [5.41, 5.74) is 0. The molecule has 4 nitrogen and oxygen atoms in total. The molecule has 18 heavy (non-hydrogen) atoms. The van der Waals surface area contributed by atoms with Crippen molar-refractivity contribution in [2.45, 2.75) is 44.6 Å². The van der Waals surface area contributed by atoms with Crippen LogP contribution in [0.4, 0.5) is 0 Å². The van der Waals surface area contributed by atoms with Crippen molar-refractivity contribution in [3.05, 3.63) is 24.2 Å². The normalized spacial score (nSPS) is 16.9. The van der Waals surface area contributed by atoms with Crippen molar-refractivity contribution in [1.29, 1.82) is 0 Å².